The van der Waals surface area contributed by atoms with Crippen molar-refractivity contribution in [3.8, 4) is 0 Å². The van der Waals surface area contributed by atoms with E-state index in [9.17, 15) is 0 Å². The van der Waals surface area contributed by atoms with Gasteiger partial charge >= 0.3 is 0 Å². The van der Waals surface area contributed by atoms with Gasteiger partial charge in [-0.05, 0) is 18.3 Å². The molecule has 0 amide bonds. The van der Waals surface area contributed by atoms with Crippen LogP contribution in [0.4, 0.5) is 0 Å². The molecule has 0 aromatic rings. The number of hydrogen-bond acceptors (Lipinski definition) is 0. The lowest BCUT2D eigenvalue weighted by Crippen LogP contribution is -1.82. The topological polar surface area (TPSA) is 0 Å². The number of rotatable bonds is 4. The second kappa shape index (κ2) is 3.79. The molecule has 0 bridgehead atoms. The first-order chi connectivity index (χ1) is 4.38. The third-order valence-electron chi connectivity index (χ3n) is 2.20. The quantitative estimate of drug-likeness (QED) is 0.521. The first kappa shape index (κ1) is 7.83. The molecule has 1 fully saturated rings. The van der Waals surface area contributed by atoms with E-state index in [-0.39, 0.29) is 0 Å². The van der Waals surface area contributed by atoms with E-state index in [1.54, 1.807) is 0 Å². The Balaban J connectivity index is 1.92. The van der Waals surface area contributed by atoms with Gasteiger partial charge in [0.2, 0.25) is 0 Å². The molecule has 0 heterocycles. The van der Waals surface area contributed by atoms with Crippen LogP contribution < -0.4 is 0 Å². The van der Waals surface area contributed by atoms with E-state index in [0.717, 1.165) is 11.8 Å². The van der Waals surface area contributed by atoms with Gasteiger partial charge in [-0.1, -0.05) is 48.8 Å². The molecular formula is C8H15I. The lowest BCUT2D eigenvalue weighted by atomic mass is 10.2. The summed E-state index contributed by atoms with van der Waals surface area (Å²) in [6.45, 7) is 2.28. The Kier molecular flexibility index (Phi) is 3.30. The molecule has 1 saturated carbocycles. The fraction of sp³-hybridized carbons (Fsp3) is 1.00. The van der Waals surface area contributed by atoms with Crippen LogP contribution in [0, 0.1) is 11.8 Å². The summed E-state index contributed by atoms with van der Waals surface area (Å²) in [4.78, 5) is 0. The summed E-state index contributed by atoms with van der Waals surface area (Å²) >= 11 is 2.51. The molecule has 0 spiro atoms. The molecule has 9 heavy (non-hydrogen) atoms. The maximum absolute atomic E-state index is 2.51. The Morgan fingerprint density at radius 1 is 1.44 bits per heavy atom. The van der Waals surface area contributed by atoms with Crippen LogP contribution >= 0.6 is 22.6 Å². The Morgan fingerprint density at radius 3 is 2.67 bits per heavy atom. The molecule has 0 radical (unpaired) electrons. The van der Waals surface area contributed by atoms with Crippen molar-refractivity contribution in [2.75, 3.05) is 4.43 Å². The lowest BCUT2D eigenvalue weighted by molar-refractivity contribution is 0.625. The molecule has 2 unspecified atom stereocenters. The maximum Gasteiger partial charge on any atom is 0.00264 e. The Hall–Kier alpha value is 0.730. The zero-order valence-corrected chi connectivity index (χ0v) is 8.23. The number of halogens is 1. The summed E-state index contributed by atoms with van der Waals surface area (Å²) in [6.07, 6.45) is 5.87. The molecule has 0 aromatic heterocycles. The van der Waals surface area contributed by atoms with E-state index >= 15 is 0 Å². The van der Waals surface area contributed by atoms with Crippen molar-refractivity contribution < 1.29 is 0 Å². The highest BCUT2D eigenvalue weighted by molar-refractivity contribution is 14.1. The van der Waals surface area contributed by atoms with Crippen LogP contribution in [0.1, 0.15) is 32.6 Å². The molecule has 54 valence electrons. The van der Waals surface area contributed by atoms with Crippen molar-refractivity contribution >= 4 is 22.6 Å². The third kappa shape index (κ3) is 2.44. The summed E-state index contributed by atoms with van der Waals surface area (Å²) in [7, 11) is 0. The average molecular weight is 238 g/mol. The highest BCUT2D eigenvalue weighted by Crippen LogP contribution is 2.43. The zero-order chi connectivity index (χ0) is 6.69. The van der Waals surface area contributed by atoms with Crippen molar-refractivity contribution in [1.82, 2.24) is 0 Å². The van der Waals surface area contributed by atoms with Crippen LogP contribution in [0.25, 0.3) is 0 Å². The summed E-state index contributed by atoms with van der Waals surface area (Å²) in [5.41, 5.74) is 0. The summed E-state index contributed by atoms with van der Waals surface area (Å²) < 4.78 is 1.39. The minimum Gasteiger partial charge on any atom is -0.0861 e. The van der Waals surface area contributed by atoms with E-state index in [0.29, 0.717) is 0 Å². The predicted octanol–water partition coefficient (Wildman–Crippen LogP) is 3.25. The molecule has 0 aliphatic heterocycles. The molecule has 1 aliphatic rings. The monoisotopic (exact) mass is 238 g/mol. The zero-order valence-electron chi connectivity index (χ0n) is 6.07. The van der Waals surface area contributed by atoms with Crippen LogP contribution in [-0.4, -0.2) is 4.43 Å². The molecule has 1 rings (SSSR count). The Morgan fingerprint density at radius 2 is 2.22 bits per heavy atom. The SMILES string of the molecule is CCCCC1CC1CI. The molecule has 0 nitrogen and oxygen atoms in total. The van der Waals surface area contributed by atoms with E-state index in [1.165, 1.54) is 30.1 Å². The predicted molar refractivity (Wildman–Crippen MR) is 50.0 cm³/mol. The fourth-order valence-electron chi connectivity index (χ4n) is 1.32. The van der Waals surface area contributed by atoms with Gasteiger partial charge in [0.1, 0.15) is 0 Å². The maximum atomic E-state index is 2.51. The third-order valence-corrected chi connectivity index (χ3v) is 3.33. The Bertz CT molecular complexity index is 80.6. The van der Waals surface area contributed by atoms with E-state index < -0.39 is 0 Å². The molecular weight excluding hydrogens is 223 g/mol. The highest BCUT2D eigenvalue weighted by atomic mass is 127. The van der Waals surface area contributed by atoms with Crippen molar-refractivity contribution in [1.29, 1.82) is 0 Å². The van der Waals surface area contributed by atoms with Crippen LogP contribution in [0.5, 0.6) is 0 Å². The van der Waals surface area contributed by atoms with Crippen molar-refractivity contribution in [2.45, 2.75) is 32.6 Å². The molecule has 0 N–H and O–H groups in total. The van der Waals surface area contributed by atoms with Crippen molar-refractivity contribution in [3.05, 3.63) is 0 Å². The van der Waals surface area contributed by atoms with Crippen LogP contribution in [0.3, 0.4) is 0 Å². The number of alkyl halides is 1. The van der Waals surface area contributed by atoms with Gasteiger partial charge in [-0.25, -0.2) is 0 Å². The second-order valence-corrected chi connectivity index (χ2v) is 3.93. The van der Waals surface area contributed by atoms with E-state index in [1.807, 2.05) is 0 Å². The minimum absolute atomic E-state index is 1.11. The fourth-order valence-corrected chi connectivity index (χ4v) is 2.40. The normalized spacial score (nSPS) is 32.7. The van der Waals surface area contributed by atoms with E-state index in [4.69, 9.17) is 0 Å². The van der Waals surface area contributed by atoms with Crippen LogP contribution in [0.2, 0.25) is 0 Å². The molecule has 0 aromatic carbocycles. The average Bonchev–Trinajstić information content (AvgIpc) is 2.62. The van der Waals surface area contributed by atoms with Crippen molar-refractivity contribution in [2.24, 2.45) is 11.8 Å². The number of unbranched alkanes of at least 4 members (excludes halogenated alkanes) is 1. The molecule has 0 saturated heterocycles. The lowest BCUT2D eigenvalue weighted by Gasteiger charge is -1.93. The summed E-state index contributed by atoms with van der Waals surface area (Å²) in [5.74, 6) is 2.24. The smallest absolute Gasteiger partial charge is 0.00264 e. The Labute approximate surface area is 71.5 Å². The molecule has 1 aliphatic carbocycles. The number of hydrogen-bond donors (Lipinski definition) is 0. The standard InChI is InChI=1S/C8H15I/c1-2-3-4-7-5-8(7)6-9/h7-8H,2-6H2,1H3. The van der Waals surface area contributed by atoms with Crippen molar-refractivity contribution in [3.63, 3.8) is 0 Å². The molecule has 1 heteroatoms. The highest BCUT2D eigenvalue weighted by Gasteiger charge is 2.34. The second-order valence-electron chi connectivity index (χ2n) is 3.05. The molecule has 2 atom stereocenters. The largest absolute Gasteiger partial charge is 0.0861 e. The van der Waals surface area contributed by atoms with Crippen LogP contribution in [-0.2, 0) is 0 Å². The minimum atomic E-state index is 1.11. The van der Waals surface area contributed by atoms with Gasteiger partial charge in [0.25, 0.3) is 0 Å². The summed E-state index contributed by atoms with van der Waals surface area (Å²) in [6, 6.07) is 0. The van der Waals surface area contributed by atoms with Gasteiger partial charge in [-0.15, -0.1) is 0 Å². The van der Waals surface area contributed by atoms with Gasteiger partial charge in [-0.3, -0.25) is 0 Å². The first-order valence-corrected chi connectivity index (χ1v) is 5.47. The van der Waals surface area contributed by atoms with Gasteiger partial charge in [0, 0.05) is 4.43 Å². The van der Waals surface area contributed by atoms with Gasteiger partial charge in [0.05, 0.1) is 0 Å². The van der Waals surface area contributed by atoms with Crippen LogP contribution in [0.15, 0.2) is 0 Å². The summed E-state index contributed by atoms with van der Waals surface area (Å²) in [5, 5.41) is 0. The van der Waals surface area contributed by atoms with Gasteiger partial charge in [0.15, 0.2) is 0 Å². The van der Waals surface area contributed by atoms with E-state index in [2.05, 4.69) is 29.5 Å². The van der Waals surface area contributed by atoms with Gasteiger partial charge in [-0.2, -0.15) is 0 Å². The first-order valence-electron chi connectivity index (χ1n) is 3.94. The van der Waals surface area contributed by atoms with Gasteiger partial charge < -0.3 is 0 Å².